The molecular weight excluding hydrogens is 273 g/mol. The van der Waals surface area contributed by atoms with E-state index in [2.05, 4.69) is 105 Å². The summed E-state index contributed by atoms with van der Waals surface area (Å²) in [6, 6.07) is 20.1. The van der Waals surface area contributed by atoms with Crippen LogP contribution >= 0.6 is 0 Å². The Kier molecular flexibility index (Phi) is 6.39. The van der Waals surface area contributed by atoms with Crippen molar-refractivity contribution in [1.82, 2.24) is 0 Å². The number of hydrogen-bond donors (Lipinski definition) is 0. The van der Waals surface area contributed by atoms with Crippen molar-refractivity contribution in [1.29, 1.82) is 0 Å². The minimum atomic E-state index is 0.0722. The molecule has 0 spiro atoms. The van der Waals surface area contributed by atoms with Gasteiger partial charge in [0.05, 0.1) is 0 Å². The van der Waals surface area contributed by atoms with Crippen molar-refractivity contribution in [2.24, 2.45) is 5.92 Å². The molecule has 0 fully saturated rings. The zero-order valence-corrected chi connectivity index (χ0v) is 15.3. The fourth-order valence-corrected chi connectivity index (χ4v) is 3.49. The van der Waals surface area contributed by atoms with Gasteiger partial charge >= 0.3 is 151 Å². The maximum absolute atomic E-state index is 2.41. The Morgan fingerprint density at radius 3 is 1.87 bits per heavy atom. The summed E-state index contributed by atoms with van der Waals surface area (Å²) in [5.74, 6) is 0.758. The van der Waals surface area contributed by atoms with Gasteiger partial charge in [0.2, 0.25) is 0 Å². The third kappa shape index (κ3) is 4.22. The van der Waals surface area contributed by atoms with Crippen LogP contribution in [0.2, 0.25) is 0 Å². The third-order valence-corrected chi connectivity index (χ3v) is 5.28. The number of rotatable bonds is 7. The van der Waals surface area contributed by atoms with Crippen LogP contribution in [0.3, 0.4) is 0 Å². The summed E-state index contributed by atoms with van der Waals surface area (Å²) >= 11 is 2.41. The predicted molar refractivity (Wildman–Crippen MR) is 102 cm³/mol. The Balaban J connectivity index is 2.44. The second kappa shape index (κ2) is 8.09. The van der Waals surface area contributed by atoms with Gasteiger partial charge in [0.25, 0.3) is 0 Å². The summed E-state index contributed by atoms with van der Waals surface area (Å²) in [5, 5.41) is 0. The van der Waals surface area contributed by atoms with E-state index in [1.807, 2.05) is 0 Å². The molecular formula is C21H28LiN. The molecule has 0 aliphatic carbocycles. The van der Waals surface area contributed by atoms with Crippen molar-refractivity contribution in [2.45, 2.75) is 37.2 Å². The fraction of sp³-hybridized carbons (Fsp3) is 0.429. The Morgan fingerprint density at radius 2 is 1.39 bits per heavy atom. The van der Waals surface area contributed by atoms with Gasteiger partial charge < -0.3 is 0 Å². The van der Waals surface area contributed by atoms with E-state index < -0.39 is 0 Å². The van der Waals surface area contributed by atoms with Crippen LogP contribution < -0.4 is 4.90 Å². The fourth-order valence-electron chi connectivity index (χ4n) is 3.49. The van der Waals surface area contributed by atoms with Gasteiger partial charge in [0.1, 0.15) is 0 Å². The first kappa shape index (κ1) is 18.2. The van der Waals surface area contributed by atoms with E-state index in [9.17, 15) is 0 Å². The van der Waals surface area contributed by atoms with E-state index in [0.29, 0.717) is 0 Å². The zero-order chi connectivity index (χ0) is 16.9. The Morgan fingerprint density at radius 1 is 0.870 bits per heavy atom. The molecule has 0 heterocycles. The molecule has 0 amide bonds. The van der Waals surface area contributed by atoms with Crippen molar-refractivity contribution in [3.05, 3.63) is 65.7 Å². The van der Waals surface area contributed by atoms with Crippen molar-refractivity contribution in [3.8, 4) is 0 Å². The molecule has 1 unspecified atom stereocenters. The SMILES string of the molecule is [Li][C](CC(CC)CC)(c1ccccc1)c1ccc(N(C)C)cc1. The van der Waals surface area contributed by atoms with Crippen LogP contribution in [0.5, 0.6) is 0 Å². The Labute approximate surface area is 151 Å². The Hall–Kier alpha value is -1.16. The van der Waals surface area contributed by atoms with E-state index in [0.717, 1.165) is 5.92 Å². The summed E-state index contributed by atoms with van der Waals surface area (Å²) in [7, 11) is 4.19. The second-order valence-corrected chi connectivity index (χ2v) is 7.03. The molecule has 0 saturated heterocycles. The summed E-state index contributed by atoms with van der Waals surface area (Å²) in [6.45, 7) is 4.63. The van der Waals surface area contributed by atoms with E-state index in [-0.39, 0.29) is 4.09 Å². The van der Waals surface area contributed by atoms with E-state index in [4.69, 9.17) is 0 Å². The molecule has 118 valence electrons. The van der Waals surface area contributed by atoms with Crippen molar-refractivity contribution in [2.75, 3.05) is 19.0 Å². The molecule has 2 rings (SSSR count). The molecule has 0 saturated carbocycles. The molecule has 0 aliphatic rings. The molecule has 2 aromatic rings. The molecule has 2 aromatic carbocycles. The molecule has 0 N–H and O–H groups in total. The van der Waals surface area contributed by atoms with Gasteiger partial charge in [0.15, 0.2) is 0 Å². The van der Waals surface area contributed by atoms with Crippen LogP contribution in [0.15, 0.2) is 54.6 Å². The number of benzene rings is 2. The van der Waals surface area contributed by atoms with Crippen molar-refractivity contribution < 1.29 is 0 Å². The number of hydrogen-bond acceptors (Lipinski definition) is 1. The van der Waals surface area contributed by atoms with Crippen molar-refractivity contribution in [3.63, 3.8) is 0 Å². The van der Waals surface area contributed by atoms with Crippen LogP contribution in [0, 0.1) is 5.92 Å². The molecule has 0 aliphatic heterocycles. The first-order valence-electron chi connectivity index (χ1n) is 8.84. The van der Waals surface area contributed by atoms with Crippen LogP contribution in [0.1, 0.15) is 44.2 Å². The summed E-state index contributed by atoms with van der Waals surface area (Å²) < 4.78 is 0.0722. The van der Waals surface area contributed by atoms with Crippen LogP contribution in [-0.2, 0) is 4.09 Å². The third-order valence-electron chi connectivity index (χ3n) is 5.28. The van der Waals surface area contributed by atoms with Gasteiger partial charge in [-0.1, -0.05) is 0 Å². The molecule has 0 aromatic heterocycles. The molecule has 23 heavy (non-hydrogen) atoms. The summed E-state index contributed by atoms with van der Waals surface area (Å²) in [6.07, 6.45) is 3.69. The number of nitrogens with zero attached hydrogens (tertiary/aromatic N) is 1. The van der Waals surface area contributed by atoms with Crippen molar-refractivity contribution >= 4 is 23.4 Å². The van der Waals surface area contributed by atoms with Gasteiger partial charge in [0, 0.05) is 0 Å². The van der Waals surface area contributed by atoms with Crippen LogP contribution in [0.25, 0.3) is 0 Å². The second-order valence-electron chi connectivity index (χ2n) is 7.03. The van der Waals surface area contributed by atoms with Crippen LogP contribution in [0.4, 0.5) is 5.69 Å². The van der Waals surface area contributed by atoms with Gasteiger partial charge in [-0.15, -0.1) is 0 Å². The first-order chi connectivity index (χ1) is 11.0. The standard InChI is InChI=1S/C21H28N.Li/c1-5-17(6-2)16-21(18-10-8-7-9-11-18)19-12-14-20(15-13-19)22(3)4;/h7-15,17H,5-6,16H2,1-4H3;. The van der Waals surface area contributed by atoms with E-state index in [1.54, 1.807) is 0 Å². The topological polar surface area (TPSA) is 3.24 Å². The van der Waals surface area contributed by atoms with Gasteiger partial charge in [-0.05, 0) is 0 Å². The maximum atomic E-state index is 2.41. The quantitative estimate of drug-likeness (QED) is 0.651. The minimum absolute atomic E-state index is 0.0722. The normalized spacial score (nSPS) is 13.9. The average Bonchev–Trinajstić information content (AvgIpc) is 2.60. The van der Waals surface area contributed by atoms with Gasteiger partial charge in [-0.2, -0.15) is 0 Å². The molecule has 2 heteroatoms. The predicted octanol–water partition coefficient (Wildman–Crippen LogP) is 4.99. The summed E-state index contributed by atoms with van der Waals surface area (Å²) in [4.78, 5) is 2.16. The summed E-state index contributed by atoms with van der Waals surface area (Å²) in [5.41, 5.74) is 4.09. The molecule has 0 bridgehead atoms. The van der Waals surface area contributed by atoms with E-state index in [1.165, 1.54) is 36.1 Å². The molecule has 1 atom stereocenters. The zero-order valence-electron chi connectivity index (χ0n) is 15.3. The Bertz CT molecular complexity index is 587. The van der Waals surface area contributed by atoms with Gasteiger partial charge in [-0.3, -0.25) is 0 Å². The monoisotopic (exact) mass is 301 g/mol. The number of anilines is 1. The molecule has 0 radical (unpaired) electrons. The average molecular weight is 301 g/mol. The van der Waals surface area contributed by atoms with Crippen LogP contribution in [-0.4, -0.2) is 31.8 Å². The van der Waals surface area contributed by atoms with Gasteiger partial charge in [-0.25, -0.2) is 0 Å². The van der Waals surface area contributed by atoms with E-state index >= 15 is 0 Å². The molecule has 1 nitrogen and oxygen atoms in total. The first-order valence-corrected chi connectivity index (χ1v) is 8.84.